The quantitative estimate of drug-likeness (QED) is 0.744. The SMILES string of the molecule is CNC1CC(NCc2ccc(-c3cnc(OC)c(OC)c3)cc2)CC1OC. The lowest BCUT2D eigenvalue weighted by atomic mass is 10.1. The molecule has 0 bridgehead atoms. The molecule has 1 heterocycles. The highest BCUT2D eigenvalue weighted by molar-refractivity contribution is 5.65. The van der Waals surface area contributed by atoms with Gasteiger partial charge in [0.15, 0.2) is 5.75 Å². The maximum absolute atomic E-state index is 5.57. The van der Waals surface area contributed by atoms with Gasteiger partial charge in [0.25, 0.3) is 5.88 Å². The summed E-state index contributed by atoms with van der Waals surface area (Å²) in [6.07, 6.45) is 4.21. The molecule has 1 aromatic heterocycles. The first-order valence-corrected chi connectivity index (χ1v) is 9.29. The molecule has 6 heteroatoms. The molecule has 1 aliphatic carbocycles. The lowest BCUT2D eigenvalue weighted by Crippen LogP contribution is -2.34. The van der Waals surface area contributed by atoms with Crippen LogP contribution in [0.1, 0.15) is 18.4 Å². The molecule has 6 nitrogen and oxygen atoms in total. The molecule has 0 aliphatic heterocycles. The minimum Gasteiger partial charge on any atom is -0.491 e. The molecule has 1 fully saturated rings. The van der Waals surface area contributed by atoms with Gasteiger partial charge >= 0.3 is 0 Å². The summed E-state index contributed by atoms with van der Waals surface area (Å²) in [5.41, 5.74) is 3.36. The van der Waals surface area contributed by atoms with Crippen LogP contribution in [0, 0.1) is 0 Å². The minimum absolute atomic E-state index is 0.285. The van der Waals surface area contributed by atoms with Crippen molar-refractivity contribution in [1.29, 1.82) is 0 Å². The summed E-state index contributed by atoms with van der Waals surface area (Å²) in [5.74, 6) is 1.13. The molecule has 1 aromatic carbocycles. The summed E-state index contributed by atoms with van der Waals surface area (Å²) in [4.78, 5) is 4.31. The molecule has 2 aromatic rings. The van der Waals surface area contributed by atoms with Gasteiger partial charge in [0.2, 0.25) is 0 Å². The molecular formula is C21H29N3O3. The Morgan fingerprint density at radius 2 is 1.81 bits per heavy atom. The van der Waals surface area contributed by atoms with Crippen LogP contribution in [0.3, 0.4) is 0 Å². The van der Waals surface area contributed by atoms with Crippen LogP contribution in [0.25, 0.3) is 11.1 Å². The van der Waals surface area contributed by atoms with Crippen LogP contribution < -0.4 is 20.1 Å². The number of likely N-dealkylation sites (N-methyl/N-ethyl adjacent to an activating group) is 1. The first-order chi connectivity index (χ1) is 13.2. The van der Waals surface area contributed by atoms with Gasteiger partial charge in [0.05, 0.1) is 20.3 Å². The Morgan fingerprint density at radius 1 is 1.04 bits per heavy atom. The van der Waals surface area contributed by atoms with Crippen LogP contribution in [0.15, 0.2) is 36.5 Å². The predicted molar refractivity (Wildman–Crippen MR) is 106 cm³/mol. The Labute approximate surface area is 161 Å². The number of hydrogen-bond donors (Lipinski definition) is 2. The Hall–Kier alpha value is -2.15. The van der Waals surface area contributed by atoms with E-state index in [-0.39, 0.29) is 6.10 Å². The first-order valence-electron chi connectivity index (χ1n) is 9.29. The maximum Gasteiger partial charge on any atom is 0.256 e. The van der Waals surface area contributed by atoms with Crippen molar-refractivity contribution in [1.82, 2.24) is 15.6 Å². The van der Waals surface area contributed by atoms with Crippen molar-refractivity contribution in [3.05, 3.63) is 42.1 Å². The Balaban J connectivity index is 1.61. The number of hydrogen-bond acceptors (Lipinski definition) is 6. The number of aromatic nitrogens is 1. The van der Waals surface area contributed by atoms with Crippen molar-refractivity contribution < 1.29 is 14.2 Å². The third-order valence-corrected chi connectivity index (χ3v) is 5.29. The smallest absolute Gasteiger partial charge is 0.256 e. The first kappa shape index (κ1) is 19.6. The van der Waals surface area contributed by atoms with Crippen molar-refractivity contribution in [2.75, 3.05) is 28.4 Å². The largest absolute Gasteiger partial charge is 0.491 e. The molecule has 3 unspecified atom stereocenters. The zero-order chi connectivity index (χ0) is 19.2. The highest BCUT2D eigenvalue weighted by Gasteiger charge is 2.32. The normalized spacial score (nSPS) is 22.0. The van der Waals surface area contributed by atoms with Crippen molar-refractivity contribution >= 4 is 0 Å². The van der Waals surface area contributed by atoms with Gasteiger partial charge in [-0.3, -0.25) is 0 Å². The van der Waals surface area contributed by atoms with Crippen molar-refractivity contribution in [2.24, 2.45) is 0 Å². The van der Waals surface area contributed by atoms with Gasteiger partial charge in [-0.05, 0) is 37.1 Å². The molecule has 1 aliphatic rings. The third-order valence-electron chi connectivity index (χ3n) is 5.29. The Bertz CT molecular complexity index is 724. The van der Waals surface area contributed by atoms with E-state index in [2.05, 4.69) is 39.9 Å². The number of nitrogens with one attached hydrogen (secondary N) is 2. The fourth-order valence-corrected chi connectivity index (χ4v) is 3.70. The van der Waals surface area contributed by atoms with Crippen molar-refractivity contribution in [3.63, 3.8) is 0 Å². The topological polar surface area (TPSA) is 64.6 Å². The average Bonchev–Trinajstić information content (AvgIpc) is 3.14. The van der Waals surface area contributed by atoms with Gasteiger partial charge in [-0.15, -0.1) is 0 Å². The van der Waals surface area contributed by atoms with Crippen LogP contribution >= 0.6 is 0 Å². The summed E-state index contributed by atoms with van der Waals surface area (Å²) in [7, 11) is 7.00. The zero-order valence-electron chi connectivity index (χ0n) is 16.5. The Kier molecular flexibility index (Phi) is 6.66. The summed E-state index contributed by atoms with van der Waals surface area (Å²) < 4.78 is 16.1. The number of nitrogens with zero attached hydrogens (tertiary/aromatic N) is 1. The highest BCUT2D eigenvalue weighted by Crippen LogP contribution is 2.30. The van der Waals surface area contributed by atoms with Gasteiger partial charge in [-0.2, -0.15) is 0 Å². The fraction of sp³-hybridized carbons (Fsp3) is 0.476. The van der Waals surface area contributed by atoms with E-state index in [4.69, 9.17) is 14.2 Å². The number of methoxy groups -OCH3 is 3. The van der Waals surface area contributed by atoms with E-state index in [1.54, 1.807) is 27.5 Å². The molecular weight excluding hydrogens is 342 g/mol. The van der Waals surface area contributed by atoms with E-state index in [1.165, 1.54) is 5.56 Å². The second-order valence-electron chi connectivity index (χ2n) is 6.85. The monoisotopic (exact) mass is 371 g/mol. The Morgan fingerprint density at radius 3 is 2.41 bits per heavy atom. The van der Waals surface area contributed by atoms with E-state index >= 15 is 0 Å². The molecule has 0 spiro atoms. The van der Waals surface area contributed by atoms with Gasteiger partial charge in [-0.1, -0.05) is 24.3 Å². The van der Waals surface area contributed by atoms with Crippen LogP contribution in [0.4, 0.5) is 0 Å². The second kappa shape index (κ2) is 9.17. The summed E-state index contributed by atoms with van der Waals surface area (Å²) >= 11 is 0. The average molecular weight is 371 g/mol. The van der Waals surface area contributed by atoms with Crippen LogP contribution in [0.5, 0.6) is 11.6 Å². The molecule has 27 heavy (non-hydrogen) atoms. The number of ether oxygens (including phenoxy) is 3. The van der Waals surface area contributed by atoms with Crippen molar-refractivity contribution in [3.8, 4) is 22.8 Å². The number of pyridine rings is 1. The molecule has 3 atom stereocenters. The third kappa shape index (κ3) is 4.58. The molecule has 1 saturated carbocycles. The van der Waals surface area contributed by atoms with Gasteiger partial charge in [0, 0.05) is 37.5 Å². The summed E-state index contributed by atoms with van der Waals surface area (Å²) in [6.45, 7) is 0.849. The van der Waals surface area contributed by atoms with Crippen LogP contribution in [-0.4, -0.2) is 51.5 Å². The molecule has 146 valence electrons. The van der Waals surface area contributed by atoms with Crippen LogP contribution in [-0.2, 0) is 11.3 Å². The van der Waals surface area contributed by atoms with E-state index in [0.29, 0.717) is 23.7 Å². The molecule has 0 radical (unpaired) electrons. The standard InChI is InChI=1S/C21H29N3O3/c1-22-18-10-17(11-19(18)25-2)23-12-14-5-7-15(8-6-14)16-9-20(26-3)21(27-4)24-13-16/h5-9,13,17-19,22-23H,10-12H2,1-4H3. The lowest BCUT2D eigenvalue weighted by molar-refractivity contribution is 0.0862. The number of rotatable bonds is 8. The molecule has 2 N–H and O–H groups in total. The highest BCUT2D eigenvalue weighted by atomic mass is 16.5. The summed E-state index contributed by atoms with van der Waals surface area (Å²) in [5, 5.41) is 7.00. The van der Waals surface area contributed by atoms with Crippen LogP contribution in [0.2, 0.25) is 0 Å². The number of benzene rings is 1. The minimum atomic E-state index is 0.285. The van der Waals surface area contributed by atoms with Crippen molar-refractivity contribution in [2.45, 2.75) is 37.6 Å². The molecule has 0 amide bonds. The lowest BCUT2D eigenvalue weighted by Gasteiger charge is -2.15. The maximum atomic E-state index is 5.57. The zero-order valence-corrected chi connectivity index (χ0v) is 16.5. The summed E-state index contributed by atoms with van der Waals surface area (Å²) in [6, 6.07) is 11.4. The van der Waals surface area contributed by atoms with Gasteiger partial charge < -0.3 is 24.8 Å². The fourth-order valence-electron chi connectivity index (χ4n) is 3.70. The van der Waals surface area contributed by atoms with Gasteiger partial charge in [-0.25, -0.2) is 4.98 Å². The molecule has 3 rings (SSSR count). The van der Waals surface area contributed by atoms with Gasteiger partial charge in [0.1, 0.15) is 0 Å². The van der Waals surface area contributed by atoms with E-state index in [9.17, 15) is 0 Å². The second-order valence-corrected chi connectivity index (χ2v) is 6.85. The molecule has 0 saturated heterocycles. The van der Waals surface area contributed by atoms with E-state index in [0.717, 1.165) is 30.5 Å². The van der Waals surface area contributed by atoms with E-state index < -0.39 is 0 Å². The van der Waals surface area contributed by atoms with E-state index in [1.807, 2.05) is 13.1 Å². The predicted octanol–water partition coefficient (Wildman–Crippen LogP) is 2.62.